The van der Waals surface area contributed by atoms with Crippen molar-refractivity contribution < 1.29 is 4.74 Å². The molecule has 0 bridgehead atoms. The highest BCUT2D eigenvalue weighted by Crippen LogP contribution is 2.18. The zero-order valence-corrected chi connectivity index (χ0v) is 12.0. The van der Waals surface area contributed by atoms with Crippen molar-refractivity contribution in [2.45, 2.75) is 20.0 Å². The maximum atomic E-state index is 5.88. The highest BCUT2D eigenvalue weighted by atomic mass is 16.5. The minimum absolute atomic E-state index is 0.297. The van der Waals surface area contributed by atoms with Crippen LogP contribution in [0.15, 0.2) is 24.3 Å². The van der Waals surface area contributed by atoms with Gasteiger partial charge in [0.2, 0.25) is 0 Å². The zero-order chi connectivity index (χ0) is 13.7. The predicted molar refractivity (Wildman–Crippen MR) is 80.6 cm³/mol. The van der Waals surface area contributed by atoms with Gasteiger partial charge in [0, 0.05) is 37.6 Å². The number of ether oxygens (including phenoxy) is 1. The Morgan fingerprint density at radius 3 is 2.68 bits per heavy atom. The monoisotopic (exact) mass is 263 g/mol. The summed E-state index contributed by atoms with van der Waals surface area (Å²) in [6.07, 6.45) is 0.297. The van der Waals surface area contributed by atoms with Gasteiger partial charge in [0.05, 0.1) is 12.7 Å². The molecule has 1 atom stereocenters. The molecule has 19 heavy (non-hydrogen) atoms. The van der Waals surface area contributed by atoms with Gasteiger partial charge in [0.15, 0.2) is 0 Å². The molecule has 1 aromatic rings. The molecule has 106 valence electrons. The highest BCUT2D eigenvalue weighted by molar-refractivity contribution is 5.53. The fraction of sp³-hybridized carbons (Fsp3) is 0.600. The van der Waals surface area contributed by atoms with Gasteiger partial charge in [0.25, 0.3) is 0 Å². The molecule has 4 heteroatoms. The van der Waals surface area contributed by atoms with E-state index in [4.69, 9.17) is 10.5 Å². The molecule has 0 radical (unpaired) electrons. The summed E-state index contributed by atoms with van der Waals surface area (Å²) in [5.41, 5.74) is 7.77. The number of hydrogen-bond acceptors (Lipinski definition) is 4. The Balaban J connectivity index is 1.96. The molecule has 0 aromatic heterocycles. The lowest BCUT2D eigenvalue weighted by atomic mass is 10.2. The number of nitrogens with two attached hydrogens (primary N) is 1. The summed E-state index contributed by atoms with van der Waals surface area (Å²) in [6.45, 7) is 10.3. The molecule has 1 fully saturated rings. The normalized spacial score (nSPS) is 20.4. The van der Waals surface area contributed by atoms with Crippen LogP contribution in [0, 0.1) is 0 Å². The fourth-order valence-corrected chi connectivity index (χ4v) is 2.53. The van der Waals surface area contributed by atoms with Gasteiger partial charge in [0.1, 0.15) is 0 Å². The SMILES string of the molecule is CCN1CCOC(CN(CC)c2ccc(N)cc2)C1. The molecule has 4 nitrogen and oxygen atoms in total. The summed E-state index contributed by atoms with van der Waals surface area (Å²) < 4.78 is 5.88. The van der Waals surface area contributed by atoms with E-state index >= 15 is 0 Å². The molecule has 2 N–H and O–H groups in total. The summed E-state index contributed by atoms with van der Waals surface area (Å²) >= 11 is 0. The standard InChI is InChI=1S/C15H25N3O/c1-3-17-9-10-19-15(11-17)12-18(4-2)14-7-5-13(16)6-8-14/h5-8,15H,3-4,9-12,16H2,1-2H3. The molecule has 1 unspecified atom stereocenters. The van der Waals surface area contributed by atoms with Crippen LogP contribution < -0.4 is 10.6 Å². The largest absolute Gasteiger partial charge is 0.399 e. The maximum absolute atomic E-state index is 5.88. The first-order valence-corrected chi connectivity index (χ1v) is 7.17. The number of benzene rings is 1. The first-order valence-electron chi connectivity index (χ1n) is 7.17. The third kappa shape index (κ3) is 3.85. The smallest absolute Gasteiger partial charge is 0.0877 e. The molecule has 1 aliphatic heterocycles. The Bertz CT molecular complexity index is 379. The number of anilines is 2. The van der Waals surface area contributed by atoms with E-state index < -0.39 is 0 Å². The van der Waals surface area contributed by atoms with Crippen LogP contribution in [0.4, 0.5) is 11.4 Å². The number of likely N-dealkylation sites (N-methyl/N-ethyl adjacent to an activating group) is 2. The van der Waals surface area contributed by atoms with Crippen LogP contribution in [0.5, 0.6) is 0 Å². The van der Waals surface area contributed by atoms with Crippen LogP contribution in [0.2, 0.25) is 0 Å². The summed E-state index contributed by atoms with van der Waals surface area (Å²) in [7, 11) is 0. The van der Waals surface area contributed by atoms with Gasteiger partial charge in [-0.15, -0.1) is 0 Å². The average molecular weight is 263 g/mol. The summed E-state index contributed by atoms with van der Waals surface area (Å²) in [6, 6.07) is 8.08. The fourth-order valence-electron chi connectivity index (χ4n) is 2.53. The van der Waals surface area contributed by atoms with Crippen LogP contribution in [0.1, 0.15) is 13.8 Å². The Hall–Kier alpha value is -1.26. The van der Waals surface area contributed by atoms with E-state index in [0.29, 0.717) is 6.10 Å². The van der Waals surface area contributed by atoms with E-state index in [1.165, 1.54) is 5.69 Å². The number of hydrogen-bond donors (Lipinski definition) is 1. The van der Waals surface area contributed by atoms with Crippen LogP contribution in [-0.4, -0.2) is 50.3 Å². The van der Waals surface area contributed by atoms with Crippen molar-refractivity contribution in [3.05, 3.63) is 24.3 Å². The minimum Gasteiger partial charge on any atom is -0.399 e. The molecular formula is C15H25N3O. The zero-order valence-electron chi connectivity index (χ0n) is 12.0. The van der Waals surface area contributed by atoms with Crippen LogP contribution in [-0.2, 0) is 4.74 Å². The van der Waals surface area contributed by atoms with Crippen molar-refractivity contribution in [3.8, 4) is 0 Å². The molecule has 2 rings (SSSR count). The minimum atomic E-state index is 0.297. The molecule has 0 spiro atoms. The first kappa shape index (κ1) is 14.2. The average Bonchev–Trinajstić information content (AvgIpc) is 2.46. The first-order chi connectivity index (χ1) is 9.22. The molecule has 1 aliphatic rings. The van der Waals surface area contributed by atoms with Crippen molar-refractivity contribution in [1.29, 1.82) is 0 Å². The molecule has 0 amide bonds. The molecule has 1 aromatic carbocycles. The lowest BCUT2D eigenvalue weighted by molar-refractivity contribution is -0.0220. The van der Waals surface area contributed by atoms with E-state index in [1.54, 1.807) is 0 Å². The lowest BCUT2D eigenvalue weighted by Gasteiger charge is -2.35. The summed E-state index contributed by atoms with van der Waals surface area (Å²) in [5.74, 6) is 0. The molecule has 1 heterocycles. The van der Waals surface area contributed by atoms with Gasteiger partial charge in [-0.2, -0.15) is 0 Å². The quantitative estimate of drug-likeness (QED) is 0.823. The van der Waals surface area contributed by atoms with Crippen molar-refractivity contribution in [1.82, 2.24) is 4.90 Å². The third-order valence-electron chi connectivity index (χ3n) is 3.73. The van der Waals surface area contributed by atoms with E-state index in [1.807, 2.05) is 12.1 Å². The van der Waals surface area contributed by atoms with E-state index in [9.17, 15) is 0 Å². The van der Waals surface area contributed by atoms with Gasteiger partial charge in [-0.05, 0) is 37.7 Å². The van der Waals surface area contributed by atoms with Crippen molar-refractivity contribution in [3.63, 3.8) is 0 Å². The lowest BCUT2D eigenvalue weighted by Crippen LogP contribution is -2.47. The Kier molecular flexibility index (Phi) is 5.05. The second-order valence-electron chi connectivity index (χ2n) is 5.02. The van der Waals surface area contributed by atoms with Gasteiger partial charge in [-0.25, -0.2) is 0 Å². The van der Waals surface area contributed by atoms with Crippen LogP contribution in [0.3, 0.4) is 0 Å². The molecule has 0 saturated carbocycles. The highest BCUT2D eigenvalue weighted by Gasteiger charge is 2.21. The number of morpholine rings is 1. The second-order valence-corrected chi connectivity index (χ2v) is 5.02. The van der Waals surface area contributed by atoms with Gasteiger partial charge in [-0.1, -0.05) is 6.92 Å². The molecule has 0 aliphatic carbocycles. The summed E-state index contributed by atoms with van der Waals surface area (Å²) in [5, 5.41) is 0. The van der Waals surface area contributed by atoms with Gasteiger partial charge in [-0.3, -0.25) is 4.90 Å². The van der Waals surface area contributed by atoms with Crippen molar-refractivity contribution >= 4 is 11.4 Å². The van der Waals surface area contributed by atoms with Crippen LogP contribution in [0.25, 0.3) is 0 Å². The number of rotatable bonds is 5. The Morgan fingerprint density at radius 2 is 2.05 bits per heavy atom. The van der Waals surface area contributed by atoms with Crippen LogP contribution >= 0.6 is 0 Å². The molecular weight excluding hydrogens is 238 g/mol. The third-order valence-corrected chi connectivity index (χ3v) is 3.73. The molecule has 1 saturated heterocycles. The Labute approximate surface area is 116 Å². The van der Waals surface area contributed by atoms with E-state index in [2.05, 4.69) is 35.8 Å². The van der Waals surface area contributed by atoms with Crippen molar-refractivity contribution in [2.24, 2.45) is 0 Å². The topological polar surface area (TPSA) is 41.7 Å². The maximum Gasteiger partial charge on any atom is 0.0877 e. The van der Waals surface area contributed by atoms with E-state index in [0.717, 1.165) is 45.0 Å². The second kappa shape index (κ2) is 6.78. The van der Waals surface area contributed by atoms with E-state index in [-0.39, 0.29) is 0 Å². The van der Waals surface area contributed by atoms with Gasteiger partial charge < -0.3 is 15.4 Å². The Morgan fingerprint density at radius 1 is 1.32 bits per heavy atom. The number of nitrogen functional groups attached to an aromatic ring is 1. The number of nitrogens with zero attached hydrogens (tertiary/aromatic N) is 2. The van der Waals surface area contributed by atoms with Crippen molar-refractivity contribution in [2.75, 3.05) is 50.0 Å². The predicted octanol–water partition coefficient (Wildman–Crippen LogP) is 1.82. The summed E-state index contributed by atoms with van der Waals surface area (Å²) in [4.78, 5) is 4.80. The van der Waals surface area contributed by atoms with Gasteiger partial charge >= 0.3 is 0 Å².